The van der Waals surface area contributed by atoms with Gasteiger partial charge >= 0.3 is 0 Å². The molecule has 1 amide bonds. The van der Waals surface area contributed by atoms with Crippen LogP contribution < -0.4 is 16.0 Å². The molecule has 0 radical (unpaired) electrons. The van der Waals surface area contributed by atoms with E-state index in [0.29, 0.717) is 11.9 Å². The van der Waals surface area contributed by atoms with Crippen molar-refractivity contribution in [3.8, 4) is 0 Å². The van der Waals surface area contributed by atoms with Gasteiger partial charge in [0, 0.05) is 11.8 Å². The molecule has 14 heavy (non-hydrogen) atoms. The van der Waals surface area contributed by atoms with E-state index in [9.17, 15) is 4.79 Å². The Bertz CT molecular complexity index is 191. The van der Waals surface area contributed by atoms with Crippen molar-refractivity contribution >= 4 is 27.5 Å². The summed E-state index contributed by atoms with van der Waals surface area (Å²) in [5.41, 5.74) is 0. The van der Waals surface area contributed by atoms with Gasteiger partial charge in [-0.15, -0.1) is 0 Å². The summed E-state index contributed by atoms with van der Waals surface area (Å²) in [7, 11) is 7.26. The van der Waals surface area contributed by atoms with Gasteiger partial charge in [-0.2, -0.15) is 0 Å². The van der Waals surface area contributed by atoms with E-state index in [0.717, 1.165) is 13.0 Å². The highest BCUT2D eigenvalue weighted by molar-refractivity contribution is 8.77. The maximum Gasteiger partial charge on any atom is 0.235 e. The Morgan fingerprint density at radius 2 is 2.14 bits per heavy atom. The lowest BCUT2D eigenvalue weighted by atomic mass is 10.2. The number of rotatable bonds is 5. The van der Waals surface area contributed by atoms with Crippen LogP contribution in [-0.2, 0) is 4.79 Å². The van der Waals surface area contributed by atoms with Crippen molar-refractivity contribution in [1.29, 1.82) is 0 Å². The molecule has 0 bridgehead atoms. The van der Waals surface area contributed by atoms with E-state index in [-0.39, 0.29) is 11.2 Å². The number of nitrogens with one attached hydrogen (secondary N) is 3. The second kappa shape index (κ2) is 6.55. The molecule has 0 spiro atoms. The molecule has 1 rings (SSSR count). The molecule has 1 heterocycles. The van der Waals surface area contributed by atoms with Crippen LogP contribution in [0.2, 0.25) is 0 Å². The Balaban J connectivity index is 2.23. The normalized spacial score (nSPS) is 26.4. The third-order valence-corrected chi connectivity index (χ3v) is 5.18. The lowest BCUT2D eigenvalue weighted by Crippen LogP contribution is -2.37. The van der Waals surface area contributed by atoms with Gasteiger partial charge in [0.25, 0.3) is 0 Å². The highest BCUT2D eigenvalue weighted by atomic mass is 33.1. The first-order chi connectivity index (χ1) is 6.77. The quantitative estimate of drug-likeness (QED) is 0.463. The van der Waals surface area contributed by atoms with Crippen molar-refractivity contribution in [3.63, 3.8) is 0 Å². The first-order valence-electron chi connectivity index (χ1n) is 4.67. The molecule has 1 aliphatic heterocycles. The summed E-state index contributed by atoms with van der Waals surface area (Å²) in [6, 6.07) is 0. The minimum Gasteiger partial charge on any atom is -0.343 e. The van der Waals surface area contributed by atoms with Crippen molar-refractivity contribution in [2.75, 3.05) is 27.3 Å². The molecule has 6 heteroatoms. The predicted molar refractivity (Wildman–Crippen MR) is 63.4 cm³/mol. The lowest BCUT2D eigenvalue weighted by Gasteiger charge is -2.09. The second-order valence-corrected chi connectivity index (χ2v) is 5.94. The van der Waals surface area contributed by atoms with Crippen LogP contribution >= 0.6 is 21.6 Å². The van der Waals surface area contributed by atoms with Gasteiger partial charge in [-0.3, -0.25) is 4.79 Å². The standard InChI is InChI=1S/C8H17N3OS2/c1-9-4-6-3-7(14-13-6)8(12)11-5-10-2/h6-7,9-10H,3-5H2,1-2H3,(H,11,12). The predicted octanol–water partition coefficient (Wildman–Crippen LogP) is 0.0212. The smallest absolute Gasteiger partial charge is 0.235 e. The first-order valence-corrected chi connectivity index (χ1v) is 6.94. The topological polar surface area (TPSA) is 53.2 Å². The molecule has 0 saturated carbocycles. The van der Waals surface area contributed by atoms with Gasteiger partial charge in [-0.25, -0.2) is 0 Å². The molecule has 1 aliphatic rings. The maximum atomic E-state index is 11.5. The van der Waals surface area contributed by atoms with Crippen LogP contribution in [0.25, 0.3) is 0 Å². The molecule has 2 atom stereocenters. The molecule has 82 valence electrons. The van der Waals surface area contributed by atoms with Gasteiger partial charge in [0.05, 0.1) is 11.9 Å². The monoisotopic (exact) mass is 235 g/mol. The fourth-order valence-corrected chi connectivity index (χ4v) is 4.46. The third-order valence-electron chi connectivity index (χ3n) is 1.95. The highest BCUT2D eigenvalue weighted by Gasteiger charge is 2.30. The van der Waals surface area contributed by atoms with E-state index in [1.165, 1.54) is 0 Å². The van der Waals surface area contributed by atoms with Gasteiger partial charge in [0.1, 0.15) is 0 Å². The van der Waals surface area contributed by atoms with Crippen LogP contribution in [0.3, 0.4) is 0 Å². The van der Waals surface area contributed by atoms with Crippen LogP contribution in [-0.4, -0.2) is 43.7 Å². The summed E-state index contributed by atoms with van der Waals surface area (Å²) in [5, 5.41) is 9.55. The Labute approximate surface area is 92.7 Å². The fraction of sp³-hybridized carbons (Fsp3) is 0.875. The molecule has 3 N–H and O–H groups in total. The molecule has 0 aromatic heterocycles. The van der Waals surface area contributed by atoms with E-state index < -0.39 is 0 Å². The van der Waals surface area contributed by atoms with Crippen molar-refractivity contribution in [2.24, 2.45) is 0 Å². The van der Waals surface area contributed by atoms with E-state index in [2.05, 4.69) is 16.0 Å². The van der Waals surface area contributed by atoms with Crippen molar-refractivity contribution in [2.45, 2.75) is 16.9 Å². The van der Waals surface area contributed by atoms with Gasteiger partial charge in [0.2, 0.25) is 5.91 Å². The largest absolute Gasteiger partial charge is 0.343 e. The minimum atomic E-state index is 0.117. The van der Waals surface area contributed by atoms with E-state index >= 15 is 0 Å². The summed E-state index contributed by atoms with van der Waals surface area (Å²) in [6.45, 7) is 1.53. The zero-order chi connectivity index (χ0) is 10.4. The van der Waals surface area contributed by atoms with Crippen LogP contribution in [0.15, 0.2) is 0 Å². The van der Waals surface area contributed by atoms with E-state index in [1.54, 1.807) is 10.8 Å². The fourth-order valence-electron chi connectivity index (χ4n) is 1.25. The molecule has 0 aromatic carbocycles. The molecule has 1 saturated heterocycles. The Morgan fingerprint density at radius 3 is 2.79 bits per heavy atom. The number of hydrogen-bond donors (Lipinski definition) is 3. The van der Waals surface area contributed by atoms with Gasteiger partial charge in [-0.05, 0) is 20.5 Å². The van der Waals surface area contributed by atoms with Crippen LogP contribution in [0, 0.1) is 0 Å². The number of carbonyl (C=O) groups is 1. The van der Waals surface area contributed by atoms with Crippen molar-refractivity contribution < 1.29 is 4.79 Å². The van der Waals surface area contributed by atoms with Gasteiger partial charge in [-0.1, -0.05) is 21.6 Å². The number of hydrogen-bond acceptors (Lipinski definition) is 5. The molecule has 0 aromatic rings. The summed E-state index contributed by atoms with van der Waals surface area (Å²) < 4.78 is 0. The van der Waals surface area contributed by atoms with Gasteiger partial charge in [0.15, 0.2) is 0 Å². The van der Waals surface area contributed by atoms with Crippen molar-refractivity contribution in [3.05, 3.63) is 0 Å². The highest BCUT2D eigenvalue weighted by Crippen LogP contribution is 2.43. The van der Waals surface area contributed by atoms with Crippen molar-refractivity contribution in [1.82, 2.24) is 16.0 Å². The first kappa shape index (κ1) is 12.2. The maximum absolute atomic E-state index is 11.5. The summed E-state index contributed by atoms with van der Waals surface area (Å²) in [5.74, 6) is 0.149. The molecule has 1 fully saturated rings. The minimum absolute atomic E-state index is 0.117. The van der Waals surface area contributed by atoms with E-state index in [4.69, 9.17) is 0 Å². The molecular weight excluding hydrogens is 218 g/mol. The molecular formula is C8H17N3OS2. The molecule has 0 aliphatic carbocycles. The zero-order valence-corrected chi connectivity index (χ0v) is 10.1. The molecule has 4 nitrogen and oxygen atoms in total. The summed E-state index contributed by atoms with van der Waals surface area (Å²) in [4.78, 5) is 11.5. The average Bonchev–Trinajstić information content (AvgIpc) is 2.63. The summed E-state index contributed by atoms with van der Waals surface area (Å²) in [6.07, 6.45) is 0.964. The van der Waals surface area contributed by atoms with Crippen LogP contribution in [0.5, 0.6) is 0 Å². The number of carbonyl (C=O) groups excluding carboxylic acids is 1. The SMILES string of the molecule is CNCNC(=O)C1CC(CNC)SS1. The Kier molecular flexibility index (Phi) is 5.69. The van der Waals surface area contributed by atoms with Crippen LogP contribution in [0.4, 0.5) is 0 Å². The Morgan fingerprint density at radius 1 is 1.36 bits per heavy atom. The molecule has 2 unspecified atom stereocenters. The van der Waals surface area contributed by atoms with Crippen LogP contribution in [0.1, 0.15) is 6.42 Å². The number of amides is 1. The lowest BCUT2D eigenvalue weighted by molar-refractivity contribution is -0.120. The Hall–Kier alpha value is 0.0900. The summed E-state index contributed by atoms with van der Waals surface area (Å²) >= 11 is 0. The average molecular weight is 235 g/mol. The third kappa shape index (κ3) is 3.68. The zero-order valence-electron chi connectivity index (χ0n) is 8.50. The van der Waals surface area contributed by atoms with E-state index in [1.807, 2.05) is 24.9 Å². The second-order valence-electron chi connectivity index (χ2n) is 3.17. The van der Waals surface area contributed by atoms with Gasteiger partial charge < -0.3 is 16.0 Å².